The van der Waals surface area contributed by atoms with Crippen molar-refractivity contribution in [1.29, 1.82) is 0 Å². The van der Waals surface area contributed by atoms with Crippen molar-refractivity contribution in [1.82, 2.24) is 24.9 Å². The van der Waals surface area contributed by atoms with E-state index in [-0.39, 0.29) is 11.4 Å². The van der Waals surface area contributed by atoms with Gasteiger partial charge >= 0.3 is 0 Å². The van der Waals surface area contributed by atoms with Crippen molar-refractivity contribution in [3.8, 4) is 11.3 Å². The zero-order chi connectivity index (χ0) is 26.8. The van der Waals surface area contributed by atoms with Crippen LogP contribution in [0.3, 0.4) is 0 Å². The van der Waals surface area contributed by atoms with Gasteiger partial charge in [-0.05, 0) is 36.2 Å². The smallest absolute Gasteiger partial charge is 0.241 e. The summed E-state index contributed by atoms with van der Waals surface area (Å²) in [6, 6.07) is 30.8. The fraction of sp³-hybridized carbons (Fsp3) is 0.100. The number of sulfonamides is 1. The molecule has 0 fully saturated rings. The molecule has 8 nitrogen and oxygen atoms in total. The van der Waals surface area contributed by atoms with Gasteiger partial charge in [-0.25, -0.2) is 18.1 Å². The number of nitrogens with zero attached hydrogens (tertiary/aromatic N) is 3. The molecule has 0 aliphatic heterocycles. The molecule has 6 aromatic rings. The SMILES string of the molecule is Cc1ccc(-c2nnc(NCc3ccccc3)c3ccccc23)cc1S(=O)(=O)NCc1nc2ccccc2[nH]1. The third-order valence-electron chi connectivity index (χ3n) is 6.61. The summed E-state index contributed by atoms with van der Waals surface area (Å²) in [6.45, 7) is 2.44. The second-order valence-corrected chi connectivity index (χ2v) is 11.0. The lowest BCUT2D eigenvalue weighted by Crippen LogP contribution is -2.24. The van der Waals surface area contributed by atoms with E-state index >= 15 is 0 Å². The number of benzene rings is 4. The Morgan fingerprint density at radius 3 is 2.36 bits per heavy atom. The van der Waals surface area contributed by atoms with Gasteiger partial charge in [-0.2, -0.15) is 0 Å². The van der Waals surface area contributed by atoms with Crippen molar-refractivity contribution in [2.45, 2.75) is 24.9 Å². The van der Waals surface area contributed by atoms with E-state index in [1.54, 1.807) is 19.1 Å². The third-order valence-corrected chi connectivity index (χ3v) is 8.15. The fourth-order valence-electron chi connectivity index (χ4n) is 4.60. The van der Waals surface area contributed by atoms with E-state index in [2.05, 4.69) is 30.2 Å². The Labute approximate surface area is 226 Å². The molecule has 39 heavy (non-hydrogen) atoms. The molecule has 0 bridgehead atoms. The van der Waals surface area contributed by atoms with E-state index < -0.39 is 10.0 Å². The molecule has 2 heterocycles. The number of fused-ring (bicyclic) bond motifs is 2. The minimum atomic E-state index is -3.83. The van der Waals surface area contributed by atoms with Crippen LogP contribution >= 0.6 is 0 Å². The number of anilines is 1. The Hall–Kier alpha value is -4.60. The van der Waals surface area contributed by atoms with Gasteiger partial charge in [-0.1, -0.05) is 78.9 Å². The van der Waals surface area contributed by atoms with Gasteiger partial charge in [-0.3, -0.25) is 0 Å². The first-order valence-electron chi connectivity index (χ1n) is 12.6. The zero-order valence-electron chi connectivity index (χ0n) is 21.2. The van der Waals surface area contributed by atoms with Gasteiger partial charge in [0, 0.05) is 22.9 Å². The fourth-order valence-corrected chi connectivity index (χ4v) is 5.85. The minimum absolute atomic E-state index is 0.0468. The molecule has 4 aromatic carbocycles. The van der Waals surface area contributed by atoms with Crippen molar-refractivity contribution < 1.29 is 8.42 Å². The molecule has 0 amide bonds. The Morgan fingerprint density at radius 1 is 0.795 bits per heavy atom. The van der Waals surface area contributed by atoms with Gasteiger partial charge in [0.2, 0.25) is 10.0 Å². The molecule has 0 aliphatic carbocycles. The summed E-state index contributed by atoms with van der Waals surface area (Å²) in [7, 11) is -3.83. The highest BCUT2D eigenvalue weighted by Gasteiger charge is 2.20. The highest BCUT2D eigenvalue weighted by molar-refractivity contribution is 7.89. The molecular formula is C30H26N6O2S. The second-order valence-electron chi connectivity index (χ2n) is 9.29. The lowest BCUT2D eigenvalue weighted by molar-refractivity contribution is 0.579. The van der Waals surface area contributed by atoms with Crippen LogP contribution in [0.5, 0.6) is 0 Å². The lowest BCUT2D eigenvalue weighted by Gasteiger charge is -2.13. The molecule has 0 spiro atoms. The van der Waals surface area contributed by atoms with Crippen LogP contribution in [0, 0.1) is 6.92 Å². The maximum atomic E-state index is 13.4. The maximum absolute atomic E-state index is 13.4. The number of aromatic nitrogens is 4. The van der Waals surface area contributed by atoms with Crippen molar-refractivity contribution >= 4 is 37.6 Å². The third kappa shape index (κ3) is 5.09. The molecule has 9 heteroatoms. The van der Waals surface area contributed by atoms with E-state index in [0.29, 0.717) is 35.0 Å². The first kappa shape index (κ1) is 24.7. The predicted molar refractivity (Wildman–Crippen MR) is 154 cm³/mol. The summed E-state index contributed by atoms with van der Waals surface area (Å²) in [6.07, 6.45) is 0. The van der Waals surface area contributed by atoms with Gasteiger partial charge < -0.3 is 10.3 Å². The Balaban J connectivity index is 1.30. The van der Waals surface area contributed by atoms with E-state index in [1.807, 2.05) is 84.9 Å². The molecule has 0 unspecified atom stereocenters. The largest absolute Gasteiger partial charge is 0.364 e. The number of aryl methyl sites for hydroxylation is 1. The quantitative estimate of drug-likeness (QED) is 0.235. The van der Waals surface area contributed by atoms with Crippen molar-refractivity contribution in [2.75, 3.05) is 5.32 Å². The van der Waals surface area contributed by atoms with Crippen molar-refractivity contribution in [2.24, 2.45) is 0 Å². The summed E-state index contributed by atoms with van der Waals surface area (Å²) < 4.78 is 29.4. The van der Waals surface area contributed by atoms with Gasteiger partial charge in [0.1, 0.15) is 11.5 Å². The van der Waals surface area contributed by atoms with E-state index in [4.69, 9.17) is 0 Å². The molecular weight excluding hydrogens is 508 g/mol. The van der Waals surface area contributed by atoms with Crippen LogP contribution in [-0.2, 0) is 23.1 Å². The number of H-pyrrole nitrogens is 1. The summed E-state index contributed by atoms with van der Waals surface area (Å²) >= 11 is 0. The number of nitrogens with one attached hydrogen (secondary N) is 3. The minimum Gasteiger partial charge on any atom is -0.364 e. The number of aromatic amines is 1. The van der Waals surface area contributed by atoms with Crippen LogP contribution in [0.1, 0.15) is 17.0 Å². The molecule has 194 valence electrons. The van der Waals surface area contributed by atoms with Crippen LogP contribution in [0.2, 0.25) is 0 Å². The van der Waals surface area contributed by atoms with Gasteiger partial charge in [0.25, 0.3) is 0 Å². The molecule has 2 aromatic heterocycles. The van der Waals surface area contributed by atoms with E-state index in [9.17, 15) is 8.42 Å². The maximum Gasteiger partial charge on any atom is 0.241 e. The molecule has 0 aliphatic rings. The van der Waals surface area contributed by atoms with Crippen LogP contribution in [0.25, 0.3) is 33.1 Å². The second kappa shape index (κ2) is 10.3. The van der Waals surface area contributed by atoms with Gasteiger partial charge in [0.15, 0.2) is 5.82 Å². The first-order valence-corrected chi connectivity index (χ1v) is 14.0. The molecule has 0 atom stereocenters. The van der Waals surface area contributed by atoms with Crippen molar-refractivity contribution in [3.05, 3.63) is 114 Å². The highest BCUT2D eigenvalue weighted by Crippen LogP contribution is 2.32. The Bertz CT molecular complexity index is 1870. The molecule has 6 rings (SSSR count). The van der Waals surface area contributed by atoms with Gasteiger partial charge in [0.05, 0.1) is 22.5 Å². The van der Waals surface area contributed by atoms with Crippen LogP contribution in [0.4, 0.5) is 5.82 Å². The standard InChI is InChI=1S/C30H26N6O2S/c1-20-15-16-22(17-27(20)39(37,38)32-19-28-33-25-13-7-8-14-26(25)34-28)29-23-11-5-6-12-24(23)30(36-35-29)31-18-21-9-3-2-4-10-21/h2-17,32H,18-19H2,1H3,(H,31,36)(H,33,34). The molecule has 0 saturated carbocycles. The van der Waals surface area contributed by atoms with Gasteiger partial charge in [-0.15, -0.1) is 10.2 Å². The topological polar surface area (TPSA) is 113 Å². The summed E-state index contributed by atoms with van der Waals surface area (Å²) in [5.74, 6) is 1.22. The van der Waals surface area contributed by atoms with Crippen molar-refractivity contribution in [3.63, 3.8) is 0 Å². The lowest BCUT2D eigenvalue weighted by atomic mass is 10.0. The zero-order valence-corrected chi connectivity index (χ0v) is 22.0. The number of rotatable bonds is 8. The molecule has 0 radical (unpaired) electrons. The number of para-hydroxylation sites is 2. The molecule has 3 N–H and O–H groups in total. The number of imidazole rings is 1. The number of hydrogen-bond acceptors (Lipinski definition) is 6. The first-order chi connectivity index (χ1) is 19.0. The monoisotopic (exact) mass is 534 g/mol. The summed E-state index contributed by atoms with van der Waals surface area (Å²) in [4.78, 5) is 7.81. The number of hydrogen-bond donors (Lipinski definition) is 3. The van der Waals surface area contributed by atoms with Crippen LogP contribution in [-0.4, -0.2) is 28.6 Å². The van der Waals surface area contributed by atoms with E-state index in [0.717, 1.165) is 27.4 Å². The van der Waals surface area contributed by atoms with Crippen LogP contribution < -0.4 is 10.0 Å². The van der Waals surface area contributed by atoms with E-state index in [1.165, 1.54) is 0 Å². The summed E-state index contributed by atoms with van der Waals surface area (Å²) in [5, 5.41) is 14.2. The average Bonchev–Trinajstić information content (AvgIpc) is 3.39. The normalized spacial score (nSPS) is 11.7. The summed E-state index contributed by atoms with van der Waals surface area (Å²) in [5.41, 5.74) is 4.70. The predicted octanol–water partition coefficient (Wildman–Crippen LogP) is 5.57. The molecule has 0 saturated heterocycles. The van der Waals surface area contributed by atoms with Crippen LogP contribution in [0.15, 0.2) is 102 Å². The average molecular weight is 535 g/mol. The highest BCUT2D eigenvalue weighted by atomic mass is 32.2. The Morgan fingerprint density at radius 2 is 1.54 bits per heavy atom. The Kier molecular flexibility index (Phi) is 6.52.